The van der Waals surface area contributed by atoms with Gasteiger partial charge in [0.15, 0.2) is 0 Å². The summed E-state index contributed by atoms with van der Waals surface area (Å²) in [4.78, 5) is 20.1. The van der Waals surface area contributed by atoms with Crippen molar-refractivity contribution < 1.29 is 9.13 Å². The highest BCUT2D eigenvalue weighted by molar-refractivity contribution is 5.79. The normalized spacial score (nSPS) is 15.3. The largest absolute Gasteiger partial charge is 0.379 e. The Morgan fingerprint density at radius 2 is 1.74 bits per heavy atom. The number of fused-ring (bicyclic) bond motifs is 1. The van der Waals surface area contributed by atoms with Crippen LogP contribution in [0.4, 0.5) is 4.39 Å². The van der Waals surface area contributed by atoms with Gasteiger partial charge in [-0.1, -0.05) is 12.1 Å². The molecule has 0 radical (unpaired) electrons. The number of nitrogens with zero attached hydrogens (tertiary/aromatic N) is 3. The van der Waals surface area contributed by atoms with Crippen molar-refractivity contribution in [1.82, 2.24) is 14.5 Å². The van der Waals surface area contributed by atoms with Gasteiger partial charge in [-0.15, -0.1) is 0 Å². The maximum absolute atomic E-state index is 13.3. The Hall–Kier alpha value is -2.57. The minimum Gasteiger partial charge on any atom is -0.379 e. The zero-order valence-electron chi connectivity index (χ0n) is 15.1. The van der Waals surface area contributed by atoms with E-state index in [-0.39, 0.29) is 11.4 Å². The predicted molar refractivity (Wildman–Crippen MR) is 103 cm³/mol. The van der Waals surface area contributed by atoms with E-state index in [0.29, 0.717) is 23.3 Å². The first-order valence-corrected chi connectivity index (χ1v) is 9.28. The van der Waals surface area contributed by atoms with E-state index in [1.807, 2.05) is 18.2 Å². The second kappa shape index (κ2) is 7.98. The van der Waals surface area contributed by atoms with Gasteiger partial charge in [0, 0.05) is 31.7 Å². The van der Waals surface area contributed by atoms with E-state index < -0.39 is 0 Å². The van der Waals surface area contributed by atoms with Gasteiger partial charge in [0.2, 0.25) is 0 Å². The number of ether oxygens (including phenoxy) is 1. The van der Waals surface area contributed by atoms with Crippen LogP contribution in [0.1, 0.15) is 6.42 Å². The summed E-state index contributed by atoms with van der Waals surface area (Å²) in [5, 5.41) is 0.606. The molecule has 3 aromatic rings. The molecule has 140 valence electrons. The molecule has 27 heavy (non-hydrogen) atoms. The number of aromatic nitrogens is 2. The fourth-order valence-electron chi connectivity index (χ4n) is 3.47. The molecule has 0 aliphatic carbocycles. The first-order valence-electron chi connectivity index (χ1n) is 9.28. The molecule has 2 aromatic carbocycles. The van der Waals surface area contributed by atoms with Gasteiger partial charge >= 0.3 is 0 Å². The van der Waals surface area contributed by atoms with Crippen molar-refractivity contribution in [1.29, 1.82) is 0 Å². The predicted octanol–water partition coefficient (Wildman–Crippen LogP) is 2.92. The Bertz CT molecular complexity index is 979. The van der Waals surface area contributed by atoms with Gasteiger partial charge in [-0.3, -0.25) is 14.3 Å². The molecule has 5 nitrogen and oxygen atoms in total. The molecule has 0 saturated carbocycles. The van der Waals surface area contributed by atoms with Crippen LogP contribution in [0.15, 0.2) is 53.3 Å². The molecule has 0 spiro atoms. The van der Waals surface area contributed by atoms with Crippen molar-refractivity contribution >= 4 is 10.9 Å². The summed E-state index contributed by atoms with van der Waals surface area (Å²) < 4.78 is 20.4. The fraction of sp³-hybridized carbons (Fsp3) is 0.333. The second-order valence-electron chi connectivity index (χ2n) is 6.72. The first kappa shape index (κ1) is 17.8. The van der Waals surface area contributed by atoms with Crippen LogP contribution in [0.2, 0.25) is 0 Å². The Kier molecular flexibility index (Phi) is 5.27. The lowest BCUT2D eigenvalue weighted by Crippen LogP contribution is -2.37. The van der Waals surface area contributed by atoms with E-state index in [9.17, 15) is 9.18 Å². The molecular weight excluding hydrogens is 345 g/mol. The van der Waals surface area contributed by atoms with E-state index in [2.05, 4.69) is 4.90 Å². The van der Waals surface area contributed by atoms with Gasteiger partial charge in [0.1, 0.15) is 11.6 Å². The quantitative estimate of drug-likeness (QED) is 0.696. The molecule has 1 aliphatic heterocycles. The Morgan fingerprint density at radius 3 is 2.52 bits per heavy atom. The lowest BCUT2D eigenvalue weighted by Gasteiger charge is -2.26. The Balaban J connectivity index is 1.67. The maximum Gasteiger partial charge on any atom is 0.261 e. The molecule has 0 unspecified atom stereocenters. The van der Waals surface area contributed by atoms with Crippen molar-refractivity contribution in [3.05, 3.63) is 64.7 Å². The van der Waals surface area contributed by atoms with Gasteiger partial charge in [0.05, 0.1) is 24.1 Å². The molecule has 6 heteroatoms. The summed E-state index contributed by atoms with van der Waals surface area (Å²) in [7, 11) is 0. The number of morpholine rings is 1. The fourth-order valence-corrected chi connectivity index (χ4v) is 3.47. The van der Waals surface area contributed by atoms with Gasteiger partial charge in [0.25, 0.3) is 5.56 Å². The molecule has 0 N–H and O–H groups in total. The monoisotopic (exact) mass is 367 g/mol. The summed E-state index contributed by atoms with van der Waals surface area (Å²) in [6.07, 6.45) is 0.841. The summed E-state index contributed by atoms with van der Waals surface area (Å²) >= 11 is 0. The highest BCUT2D eigenvalue weighted by Crippen LogP contribution is 2.19. The zero-order chi connectivity index (χ0) is 18.6. The average molecular weight is 367 g/mol. The van der Waals surface area contributed by atoms with Crippen LogP contribution in [0.25, 0.3) is 22.3 Å². The van der Waals surface area contributed by atoms with Crippen LogP contribution < -0.4 is 5.56 Å². The second-order valence-corrected chi connectivity index (χ2v) is 6.72. The number of hydrogen-bond acceptors (Lipinski definition) is 4. The SMILES string of the molecule is O=c1c2ccccc2nc(-c2ccc(F)cc2)n1CCCN1CCOCC1. The molecule has 0 atom stereocenters. The number of halogens is 1. The average Bonchev–Trinajstić information content (AvgIpc) is 2.71. The third-order valence-electron chi connectivity index (χ3n) is 4.92. The third kappa shape index (κ3) is 3.91. The minimum absolute atomic E-state index is 0.0538. The summed E-state index contributed by atoms with van der Waals surface area (Å²) in [6.45, 7) is 4.86. The summed E-state index contributed by atoms with van der Waals surface area (Å²) in [5.41, 5.74) is 1.35. The first-order chi connectivity index (χ1) is 13.2. The van der Waals surface area contributed by atoms with Crippen LogP contribution >= 0.6 is 0 Å². The molecule has 1 saturated heterocycles. The number of para-hydroxylation sites is 1. The topological polar surface area (TPSA) is 47.4 Å². The molecule has 2 heterocycles. The van der Waals surface area contributed by atoms with Crippen molar-refractivity contribution in [2.45, 2.75) is 13.0 Å². The van der Waals surface area contributed by atoms with Gasteiger partial charge < -0.3 is 4.74 Å². The van der Waals surface area contributed by atoms with E-state index >= 15 is 0 Å². The Labute approximate surface area is 157 Å². The van der Waals surface area contributed by atoms with Crippen molar-refractivity contribution in [2.24, 2.45) is 0 Å². The van der Waals surface area contributed by atoms with E-state index in [1.165, 1.54) is 12.1 Å². The van der Waals surface area contributed by atoms with E-state index in [1.54, 1.807) is 22.8 Å². The zero-order valence-corrected chi connectivity index (χ0v) is 15.1. The minimum atomic E-state index is -0.305. The van der Waals surface area contributed by atoms with Crippen LogP contribution in [0.3, 0.4) is 0 Å². The van der Waals surface area contributed by atoms with Crippen molar-refractivity contribution in [3.8, 4) is 11.4 Å². The third-order valence-corrected chi connectivity index (χ3v) is 4.92. The van der Waals surface area contributed by atoms with E-state index in [0.717, 1.165) is 44.8 Å². The lowest BCUT2D eigenvalue weighted by molar-refractivity contribution is 0.0369. The molecule has 1 aliphatic rings. The van der Waals surface area contributed by atoms with Crippen molar-refractivity contribution in [2.75, 3.05) is 32.8 Å². The van der Waals surface area contributed by atoms with E-state index in [4.69, 9.17) is 9.72 Å². The van der Waals surface area contributed by atoms with Crippen LogP contribution in [0, 0.1) is 5.82 Å². The number of rotatable bonds is 5. The van der Waals surface area contributed by atoms with Crippen molar-refractivity contribution in [3.63, 3.8) is 0 Å². The molecule has 1 fully saturated rings. The number of hydrogen-bond donors (Lipinski definition) is 0. The van der Waals surface area contributed by atoms with Crippen LogP contribution in [-0.4, -0.2) is 47.3 Å². The maximum atomic E-state index is 13.3. The van der Waals surface area contributed by atoms with Gasteiger partial charge in [-0.2, -0.15) is 0 Å². The van der Waals surface area contributed by atoms with Gasteiger partial charge in [-0.25, -0.2) is 9.37 Å². The standard InChI is InChI=1S/C21H22FN3O2/c22-17-8-6-16(7-9-17)20-23-19-5-2-1-4-18(19)21(26)25(20)11-3-10-24-12-14-27-15-13-24/h1-2,4-9H,3,10-15H2. The molecular formula is C21H22FN3O2. The molecule has 0 amide bonds. The highest BCUT2D eigenvalue weighted by atomic mass is 19.1. The number of benzene rings is 2. The summed E-state index contributed by atoms with van der Waals surface area (Å²) in [6, 6.07) is 13.5. The molecule has 4 rings (SSSR count). The Morgan fingerprint density at radius 1 is 1.00 bits per heavy atom. The van der Waals surface area contributed by atoms with Crippen LogP contribution in [-0.2, 0) is 11.3 Å². The van der Waals surface area contributed by atoms with Gasteiger partial charge in [-0.05, 0) is 42.8 Å². The highest BCUT2D eigenvalue weighted by Gasteiger charge is 2.14. The van der Waals surface area contributed by atoms with Crippen LogP contribution in [0.5, 0.6) is 0 Å². The lowest BCUT2D eigenvalue weighted by atomic mass is 10.1. The molecule has 0 bridgehead atoms. The smallest absolute Gasteiger partial charge is 0.261 e. The molecule has 1 aromatic heterocycles. The summed E-state index contributed by atoms with van der Waals surface area (Å²) in [5.74, 6) is 0.279.